The van der Waals surface area contributed by atoms with Crippen LogP contribution in [0.4, 0.5) is 0 Å². The van der Waals surface area contributed by atoms with E-state index < -0.39 is 0 Å². The molecule has 0 spiro atoms. The third-order valence-corrected chi connectivity index (χ3v) is 5.35. The van der Waals surface area contributed by atoms with E-state index in [1.807, 2.05) is 16.8 Å². The number of nitrogens with zero attached hydrogens (tertiary/aromatic N) is 5. The Morgan fingerprint density at radius 2 is 2.09 bits per heavy atom. The van der Waals surface area contributed by atoms with Gasteiger partial charge in [-0.05, 0) is 32.4 Å². The zero-order valence-electron chi connectivity index (χ0n) is 19.4. The van der Waals surface area contributed by atoms with Crippen LogP contribution < -0.4 is 10.6 Å². The number of hydrogen-bond acceptors (Lipinski definition) is 6. The molecule has 1 aliphatic rings. The van der Waals surface area contributed by atoms with Crippen LogP contribution in [-0.4, -0.2) is 51.9 Å². The number of guanidine groups is 1. The fourth-order valence-electron chi connectivity index (χ4n) is 3.71. The molecular weight excluding hydrogens is 533 g/mol. The van der Waals surface area contributed by atoms with E-state index in [2.05, 4.69) is 51.7 Å². The SMILES string of the molecule is CCNC(=NCCc1coc(-c2ccc(C)cc2)n1)NC1CCc2nc(COC)nn2C1.I. The van der Waals surface area contributed by atoms with Gasteiger partial charge in [-0.3, -0.25) is 4.99 Å². The second-order valence-electron chi connectivity index (χ2n) is 7.96. The molecule has 0 bridgehead atoms. The second-order valence-corrected chi connectivity index (χ2v) is 7.96. The first kappa shape index (κ1) is 25.2. The number of oxazole rings is 1. The van der Waals surface area contributed by atoms with Gasteiger partial charge in [0.1, 0.15) is 18.7 Å². The zero-order valence-corrected chi connectivity index (χ0v) is 21.7. The molecule has 10 heteroatoms. The lowest BCUT2D eigenvalue weighted by molar-refractivity contribution is 0.177. The highest BCUT2D eigenvalue weighted by Crippen LogP contribution is 2.19. The van der Waals surface area contributed by atoms with E-state index in [1.165, 1.54) is 5.56 Å². The normalized spacial score (nSPS) is 15.6. The molecule has 0 saturated heterocycles. The molecule has 1 aliphatic heterocycles. The first-order valence-electron chi connectivity index (χ1n) is 11.1. The lowest BCUT2D eigenvalue weighted by Crippen LogP contribution is -2.47. The molecule has 178 valence electrons. The van der Waals surface area contributed by atoms with E-state index in [1.54, 1.807) is 13.4 Å². The Hall–Kier alpha value is -2.47. The smallest absolute Gasteiger partial charge is 0.226 e. The van der Waals surface area contributed by atoms with E-state index >= 15 is 0 Å². The number of methoxy groups -OCH3 is 1. The number of fused-ring (bicyclic) bond motifs is 1. The van der Waals surface area contributed by atoms with Crippen LogP contribution in [0.1, 0.15) is 36.3 Å². The quantitative estimate of drug-likeness (QED) is 0.246. The van der Waals surface area contributed by atoms with Gasteiger partial charge in [-0.1, -0.05) is 17.7 Å². The number of rotatable bonds is 8. The first-order chi connectivity index (χ1) is 15.6. The first-order valence-corrected chi connectivity index (χ1v) is 11.1. The molecule has 3 aromatic rings. The van der Waals surface area contributed by atoms with Crippen LogP contribution in [0.3, 0.4) is 0 Å². The van der Waals surface area contributed by atoms with Crippen molar-refractivity contribution in [1.82, 2.24) is 30.4 Å². The average molecular weight is 565 g/mol. The van der Waals surface area contributed by atoms with Crippen molar-refractivity contribution in [3.63, 3.8) is 0 Å². The lowest BCUT2D eigenvalue weighted by atomic mass is 10.1. The number of hydrogen-bond donors (Lipinski definition) is 2. The van der Waals surface area contributed by atoms with Crippen LogP contribution in [0, 0.1) is 6.92 Å². The highest BCUT2D eigenvalue weighted by Gasteiger charge is 2.22. The number of benzene rings is 1. The Morgan fingerprint density at radius 1 is 1.27 bits per heavy atom. The fraction of sp³-hybridized carbons (Fsp3) is 0.478. The molecule has 3 heterocycles. The summed E-state index contributed by atoms with van der Waals surface area (Å²) in [5.41, 5.74) is 3.10. The van der Waals surface area contributed by atoms with Crippen LogP contribution in [0.25, 0.3) is 11.5 Å². The van der Waals surface area contributed by atoms with Gasteiger partial charge in [0.05, 0.1) is 12.2 Å². The summed E-state index contributed by atoms with van der Waals surface area (Å²) in [5, 5.41) is 11.4. The molecule has 0 amide bonds. The monoisotopic (exact) mass is 565 g/mol. The van der Waals surface area contributed by atoms with Crippen LogP contribution >= 0.6 is 24.0 Å². The maximum atomic E-state index is 5.65. The van der Waals surface area contributed by atoms with Gasteiger partial charge in [-0.15, -0.1) is 24.0 Å². The van der Waals surface area contributed by atoms with E-state index in [-0.39, 0.29) is 30.0 Å². The Balaban J connectivity index is 0.00000306. The number of ether oxygens (including phenoxy) is 1. The summed E-state index contributed by atoms with van der Waals surface area (Å²) in [5.74, 6) is 3.21. The molecule has 4 rings (SSSR count). The number of aromatic nitrogens is 4. The summed E-state index contributed by atoms with van der Waals surface area (Å²) >= 11 is 0. The van der Waals surface area contributed by atoms with Crippen LogP contribution in [0.15, 0.2) is 39.9 Å². The van der Waals surface area contributed by atoms with Crippen LogP contribution in [0.5, 0.6) is 0 Å². The Labute approximate surface area is 211 Å². The summed E-state index contributed by atoms with van der Waals surface area (Å²) in [7, 11) is 1.66. The standard InChI is InChI=1S/C23H31N7O2.HI/c1-4-24-23(27-18-9-10-21-28-20(15-31-3)29-30(21)13-18)25-12-11-19-14-32-22(26-19)17-7-5-16(2)6-8-17;/h5-8,14,18H,4,9-13,15H2,1-3H3,(H2,24,25,27);1H. The molecule has 1 unspecified atom stereocenters. The molecule has 33 heavy (non-hydrogen) atoms. The van der Waals surface area contributed by atoms with Gasteiger partial charge in [0.25, 0.3) is 0 Å². The fourth-order valence-corrected chi connectivity index (χ4v) is 3.71. The zero-order chi connectivity index (χ0) is 22.3. The van der Waals surface area contributed by atoms with Crippen molar-refractivity contribution in [2.75, 3.05) is 20.2 Å². The van der Waals surface area contributed by atoms with Gasteiger partial charge in [-0.25, -0.2) is 14.6 Å². The van der Waals surface area contributed by atoms with Crippen molar-refractivity contribution in [1.29, 1.82) is 0 Å². The van der Waals surface area contributed by atoms with E-state index in [4.69, 9.17) is 14.1 Å². The lowest BCUT2D eigenvalue weighted by Gasteiger charge is -2.25. The molecule has 0 aliphatic carbocycles. The van der Waals surface area contributed by atoms with Gasteiger partial charge in [0.15, 0.2) is 11.8 Å². The number of aryl methyl sites for hydroxylation is 2. The van der Waals surface area contributed by atoms with Crippen molar-refractivity contribution < 1.29 is 9.15 Å². The maximum Gasteiger partial charge on any atom is 0.226 e. The molecule has 9 nitrogen and oxygen atoms in total. The third-order valence-electron chi connectivity index (χ3n) is 5.35. The predicted molar refractivity (Wildman–Crippen MR) is 138 cm³/mol. The summed E-state index contributed by atoms with van der Waals surface area (Å²) in [6.45, 7) is 6.75. The highest BCUT2D eigenvalue weighted by atomic mass is 127. The average Bonchev–Trinajstić information content (AvgIpc) is 3.41. The summed E-state index contributed by atoms with van der Waals surface area (Å²) in [6.07, 6.45) is 4.30. The molecule has 0 radical (unpaired) electrons. The topological polar surface area (TPSA) is 102 Å². The molecule has 1 atom stereocenters. The minimum atomic E-state index is 0. The summed E-state index contributed by atoms with van der Waals surface area (Å²) < 4.78 is 12.8. The molecular formula is C23H32IN7O2. The molecule has 0 fully saturated rings. The molecule has 2 N–H and O–H groups in total. The molecule has 1 aromatic carbocycles. The highest BCUT2D eigenvalue weighted by molar-refractivity contribution is 14.0. The van der Waals surface area contributed by atoms with E-state index in [0.29, 0.717) is 25.5 Å². The minimum absolute atomic E-state index is 0. The van der Waals surface area contributed by atoms with Crippen molar-refractivity contribution in [2.45, 2.75) is 52.3 Å². The Bertz CT molecular complexity index is 1050. The van der Waals surface area contributed by atoms with Gasteiger partial charge in [-0.2, -0.15) is 5.10 Å². The molecule has 0 saturated carbocycles. The van der Waals surface area contributed by atoms with E-state index in [0.717, 1.165) is 54.8 Å². The number of halogens is 1. The number of aliphatic imine (C=N–C) groups is 1. The largest absolute Gasteiger partial charge is 0.444 e. The second kappa shape index (κ2) is 12.1. The van der Waals surface area contributed by atoms with Gasteiger partial charge in [0, 0.05) is 44.6 Å². The van der Waals surface area contributed by atoms with Crippen LogP contribution in [-0.2, 0) is 30.7 Å². The van der Waals surface area contributed by atoms with Gasteiger partial charge in [0.2, 0.25) is 5.89 Å². The van der Waals surface area contributed by atoms with Gasteiger partial charge >= 0.3 is 0 Å². The van der Waals surface area contributed by atoms with Crippen LogP contribution in [0.2, 0.25) is 0 Å². The van der Waals surface area contributed by atoms with Crippen molar-refractivity contribution in [3.8, 4) is 11.5 Å². The van der Waals surface area contributed by atoms with Crippen molar-refractivity contribution >= 4 is 29.9 Å². The summed E-state index contributed by atoms with van der Waals surface area (Å²) in [4.78, 5) is 13.9. The number of nitrogens with one attached hydrogen (secondary N) is 2. The van der Waals surface area contributed by atoms with Crippen molar-refractivity contribution in [3.05, 3.63) is 53.4 Å². The van der Waals surface area contributed by atoms with E-state index in [9.17, 15) is 0 Å². The third kappa shape index (κ3) is 6.76. The molecule has 2 aromatic heterocycles. The predicted octanol–water partition coefficient (Wildman–Crippen LogP) is 3.12. The van der Waals surface area contributed by atoms with Gasteiger partial charge < -0.3 is 19.8 Å². The van der Waals surface area contributed by atoms with Crippen molar-refractivity contribution in [2.24, 2.45) is 4.99 Å². The summed E-state index contributed by atoms with van der Waals surface area (Å²) in [6, 6.07) is 8.42. The minimum Gasteiger partial charge on any atom is -0.444 e. The maximum absolute atomic E-state index is 5.65. The Kier molecular flexibility index (Phi) is 9.24. The Morgan fingerprint density at radius 3 is 2.85 bits per heavy atom.